The molecule has 10 heteroatoms. The molecule has 2 amide bonds. The largest absolute Gasteiger partial charge is 0.497 e. The third-order valence-electron chi connectivity index (χ3n) is 6.30. The van der Waals surface area contributed by atoms with Gasteiger partial charge in [-0.05, 0) is 68.3 Å². The maximum Gasteiger partial charge on any atom is 0.264 e. The van der Waals surface area contributed by atoms with Gasteiger partial charge in [0.2, 0.25) is 11.8 Å². The van der Waals surface area contributed by atoms with Gasteiger partial charge in [-0.25, -0.2) is 8.42 Å². The van der Waals surface area contributed by atoms with Crippen molar-refractivity contribution in [1.82, 2.24) is 10.2 Å². The van der Waals surface area contributed by atoms with Gasteiger partial charge in [0.15, 0.2) is 0 Å². The second-order valence-electron chi connectivity index (χ2n) is 8.87. The summed E-state index contributed by atoms with van der Waals surface area (Å²) in [5.74, 6) is -0.340. The predicted octanol–water partition coefficient (Wildman–Crippen LogP) is 4.32. The topological polar surface area (TPSA) is 96.0 Å². The van der Waals surface area contributed by atoms with E-state index in [9.17, 15) is 18.0 Å². The molecule has 0 saturated carbocycles. The fourth-order valence-corrected chi connectivity index (χ4v) is 5.62. The molecule has 0 aromatic heterocycles. The lowest BCUT2D eigenvalue weighted by atomic mass is 10.1. The second kappa shape index (κ2) is 12.3. The normalized spacial score (nSPS) is 11.9. The van der Waals surface area contributed by atoms with Crippen LogP contribution in [0.25, 0.3) is 0 Å². The number of anilines is 1. The number of benzene rings is 3. The van der Waals surface area contributed by atoms with Gasteiger partial charge in [0.1, 0.15) is 18.3 Å². The molecule has 1 N–H and O–H groups in total. The van der Waals surface area contributed by atoms with Crippen LogP contribution in [0.2, 0.25) is 5.02 Å². The minimum Gasteiger partial charge on any atom is -0.497 e. The number of methoxy groups -OCH3 is 1. The summed E-state index contributed by atoms with van der Waals surface area (Å²) in [6.07, 6.45) is 0. The van der Waals surface area contributed by atoms with Gasteiger partial charge in [0.05, 0.1) is 17.7 Å². The number of halogens is 1. The molecule has 3 aromatic rings. The number of likely N-dealkylation sites (N-methyl/N-ethyl adjacent to an activating group) is 1. The number of nitrogens with one attached hydrogen (secondary N) is 1. The third kappa shape index (κ3) is 6.46. The maximum absolute atomic E-state index is 13.9. The lowest BCUT2D eigenvalue weighted by molar-refractivity contribution is -0.139. The number of carbonyl (C=O) groups is 2. The van der Waals surface area contributed by atoms with Crippen LogP contribution in [0.3, 0.4) is 0 Å². The van der Waals surface area contributed by atoms with Crippen LogP contribution in [0.4, 0.5) is 5.69 Å². The van der Waals surface area contributed by atoms with Crippen molar-refractivity contribution in [2.45, 2.75) is 38.3 Å². The number of rotatable bonds is 10. The lowest BCUT2D eigenvalue weighted by Gasteiger charge is -2.32. The third-order valence-corrected chi connectivity index (χ3v) is 8.48. The Morgan fingerprint density at radius 1 is 1.03 bits per heavy atom. The molecule has 0 bridgehead atoms. The van der Waals surface area contributed by atoms with Gasteiger partial charge in [-0.15, -0.1) is 0 Å². The van der Waals surface area contributed by atoms with Crippen LogP contribution >= 0.6 is 11.6 Å². The smallest absolute Gasteiger partial charge is 0.264 e. The van der Waals surface area contributed by atoms with E-state index in [-0.39, 0.29) is 23.0 Å². The average Bonchev–Trinajstić information content (AvgIpc) is 2.91. The molecule has 0 heterocycles. The van der Waals surface area contributed by atoms with E-state index < -0.39 is 28.5 Å². The van der Waals surface area contributed by atoms with Crippen molar-refractivity contribution < 1.29 is 22.7 Å². The monoisotopic (exact) mass is 557 g/mol. The number of carbonyl (C=O) groups excluding carboxylic acids is 2. The van der Waals surface area contributed by atoms with Crippen LogP contribution in [-0.4, -0.2) is 51.9 Å². The van der Waals surface area contributed by atoms with Crippen molar-refractivity contribution in [2.24, 2.45) is 0 Å². The first-order chi connectivity index (χ1) is 18.0. The van der Waals surface area contributed by atoms with Crippen LogP contribution in [0.15, 0.2) is 71.6 Å². The second-order valence-corrected chi connectivity index (χ2v) is 11.1. The van der Waals surface area contributed by atoms with Gasteiger partial charge in [-0.2, -0.15) is 0 Å². The van der Waals surface area contributed by atoms with E-state index in [2.05, 4.69) is 5.32 Å². The summed E-state index contributed by atoms with van der Waals surface area (Å²) < 4.78 is 34.1. The first-order valence-corrected chi connectivity index (χ1v) is 13.8. The number of amides is 2. The van der Waals surface area contributed by atoms with E-state index in [1.54, 1.807) is 68.4 Å². The summed E-state index contributed by atoms with van der Waals surface area (Å²) in [5, 5.41) is 2.93. The Morgan fingerprint density at radius 3 is 2.32 bits per heavy atom. The summed E-state index contributed by atoms with van der Waals surface area (Å²) >= 11 is 6.34. The molecule has 0 radical (unpaired) electrons. The average molecular weight is 558 g/mol. The van der Waals surface area contributed by atoms with Gasteiger partial charge in [-0.3, -0.25) is 13.9 Å². The summed E-state index contributed by atoms with van der Waals surface area (Å²) in [6.45, 7) is 4.68. The standard InChI is InChI=1S/C28H32ClN3O5S/c1-19-12-14-24(15-13-19)38(35,36)32(26-11-7-10-25(29)20(26)2)18-27(33)31(21(3)28(34)30-4)17-22-8-6-9-23(16-22)37-5/h6-16,21H,17-18H2,1-5H3,(H,30,34)/t21-/m1/s1. The zero-order chi connectivity index (χ0) is 28.0. The molecule has 1 atom stereocenters. The van der Waals surface area contributed by atoms with Crippen LogP contribution in [0.1, 0.15) is 23.6 Å². The Hall–Kier alpha value is -3.56. The predicted molar refractivity (Wildman–Crippen MR) is 149 cm³/mol. The quantitative estimate of drug-likeness (QED) is 0.400. The lowest BCUT2D eigenvalue weighted by Crippen LogP contribution is -2.50. The number of nitrogens with zero attached hydrogens (tertiary/aromatic N) is 2. The fraction of sp³-hybridized carbons (Fsp3) is 0.286. The molecule has 8 nitrogen and oxygen atoms in total. The van der Waals surface area contributed by atoms with Gasteiger partial charge in [-0.1, -0.05) is 47.5 Å². The Bertz CT molecular complexity index is 1410. The number of ether oxygens (including phenoxy) is 1. The van der Waals surface area contributed by atoms with Crippen LogP contribution in [-0.2, 0) is 26.2 Å². The van der Waals surface area contributed by atoms with Crippen LogP contribution < -0.4 is 14.4 Å². The minimum atomic E-state index is -4.17. The maximum atomic E-state index is 13.9. The Balaban J connectivity index is 2.08. The molecule has 0 aliphatic rings. The van der Waals surface area contributed by atoms with Gasteiger partial charge in [0, 0.05) is 18.6 Å². The summed E-state index contributed by atoms with van der Waals surface area (Å²) in [4.78, 5) is 27.8. The first kappa shape index (κ1) is 29.0. The molecule has 3 rings (SSSR count). The molecular formula is C28H32ClN3O5S. The van der Waals surface area contributed by atoms with E-state index in [0.717, 1.165) is 15.4 Å². The van der Waals surface area contributed by atoms with Crippen LogP contribution in [0, 0.1) is 13.8 Å². The molecule has 0 saturated heterocycles. The fourth-order valence-electron chi connectivity index (χ4n) is 3.98. The highest BCUT2D eigenvalue weighted by Gasteiger charge is 2.33. The Morgan fingerprint density at radius 2 is 1.68 bits per heavy atom. The summed E-state index contributed by atoms with van der Waals surface area (Å²) in [5.41, 5.74) is 2.41. The number of sulfonamides is 1. The molecule has 3 aromatic carbocycles. The zero-order valence-corrected chi connectivity index (χ0v) is 23.6. The van der Waals surface area contributed by atoms with E-state index in [4.69, 9.17) is 16.3 Å². The van der Waals surface area contributed by atoms with Gasteiger partial charge >= 0.3 is 0 Å². The first-order valence-electron chi connectivity index (χ1n) is 12.0. The SMILES string of the molecule is CNC(=O)[C@@H](C)N(Cc1cccc(OC)c1)C(=O)CN(c1cccc(Cl)c1C)S(=O)(=O)c1ccc(C)cc1. The highest BCUT2D eigenvalue weighted by molar-refractivity contribution is 7.92. The number of aryl methyl sites for hydroxylation is 1. The van der Waals surface area contributed by atoms with Gasteiger partial charge < -0.3 is 15.0 Å². The van der Waals surface area contributed by atoms with E-state index in [1.165, 1.54) is 31.2 Å². The van der Waals surface area contributed by atoms with Gasteiger partial charge in [0.25, 0.3) is 10.0 Å². The van der Waals surface area contributed by atoms with Crippen molar-refractivity contribution in [3.63, 3.8) is 0 Å². The van der Waals surface area contributed by atoms with Crippen molar-refractivity contribution in [2.75, 3.05) is 25.0 Å². The van der Waals surface area contributed by atoms with E-state index in [0.29, 0.717) is 16.3 Å². The molecule has 0 spiro atoms. The molecule has 202 valence electrons. The molecule has 38 heavy (non-hydrogen) atoms. The summed E-state index contributed by atoms with van der Waals surface area (Å²) in [7, 11) is -1.15. The Labute approximate surface area is 229 Å². The number of hydrogen-bond acceptors (Lipinski definition) is 5. The van der Waals surface area contributed by atoms with E-state index in [1.807, 2.05) is 6.92 Å². The Kier molecular flexibility index (Phi) is 9.40. The highest BCUT2D eigenvalue weighted by Crippen LogP contribution is 2.31. The highest BCUT2D eigenvalue weighted by atomic mass is 35.5. The van der Waals surface area contributed by atoms with Crippen LogP contribution in [0.5, 0.6) is 5.75 Å². The molecule has 0 unspecified atom stereocenters. The molecule has 0 aliphatic heterocycles. The molecular weight excluding hydrogens is 526 g/mol. The number of hydrogen-bond donors (Lipinski definition) is 1. The molecule has 0 aliphatic carbocycles. The van der Waals surface area contributed by atoms with Crippen molar-refractivity contribution in [3.05, 3.63) is 88.4 Å². The van der Waals surface area contributed by atoms with E-state index >= 15 is 0 Å². The van der Waals surface area contributed by atoms with Crippen molar-refractivity contribution in [1.29, 1.82) is 0 Å². The van der Waals surface area contributed by atoms with Crippen molar-refractivity contribution >= 4 is 39.1 Å². The molecule has 0 fully saturated rings. The van der Waals surface area contributed by atoms with Crippen molar-refractivity contribution in [3.8, 4) is 5.75 Å². The summed E-state index contributed by atoms with van der Waals surface area (Å²) in [6, 6.07) is 17.5. The zero-order valence-electron chi connectivity index (χ0n) is 22.1. The minimum absolute atomic E-state index is 0.0361.